The van der Waals surface area contributed by atoms with Crippen LogP contribution >= 0.6 is 11.3 Å². The van der Waals surface area contributed by atoms with Gasteiger partial charge in [-0.15, -0.1) is 0 Å². The van der Waals surface area contributed by atoms with Crippen LogP contribution < -0.4 is 5.32 Å². The smallest absolute Gasteiger partial charge is 0.310 e. The molecule has 1 aromatic heterocycles. The average molecular weight is 200 g/mol. The first-order valence-electron chi connectivity index (χ1n) is 3.91. The number of rotatable bonds is 3. The Bertz CT molecular complexity index is 320. The van der Waals surface area contributed by atoms with Gasteiger partial charge in [-0.25, -0.2) is 0 Å². The highest BCUT2D eigenvalue weighted by molar-refractivity contribution is 7.15. The zero-order valence-corrected chi connectivity index (χ0v) is 8.64. The molecule has 4 nitrogen and oxygen atoms in total. The number of nitrogens with one attached hydrogen (secondary N) is 1. The van der Waals surface area contributed by atoms with Gasteiger partial charge in [0.25, 0.3) is 0 Å². The third kappa shape index (κ3) is 2.05. The van der Waals surface area contributed by atoms with Crippen LogP contribution in [-0.4, -0.2) is 12.0 Å². The third-order valence-corrected chi connectivity index (χ3v) is 3.37. The maximum absolute atomic E-state index is 10.4. The summed E-state index contributed by atoms with van der Waals surface area (Å²) in [6.07, 6.45) is 0. The maximum Gasteiger partial charge on any atom is 0.324 e. The second-order valence-electron chi connectivity index (χ2n) is 3.27. The van der Waals surface area contributed by atoms with Gasteiger partial charge in [0.2, 0.25) is 0 Å². The van der Waals surface area contributed by atoms with Crippen LogP contribution in [0.25, 0.3) is 0 Å². The Balaban J connectivity index is 2.98. The molecule has 1 rings (SSSR count). The highest BCUT2D eigenvalue weighted by Gasteiger charge is 2.22. The Morgan fingerprint density at radius 2 is 2.15 bits per heavy atom. The zero-order chi connectivity index (χ0) is 10.1. The van der Waals surface area contributed by atoms with Gasteiger partial charge in [0.1, 0.15) is 0 Å². The van der Waals surface area contributed by atoms with Crippen LogP contribution in [0.2, 0.25) is 0 Å². The van der Waals surface area contributed by atoms with E-state index in [0.29, 0.717) is 0 Å². The van der Waals surface area contributed by atoms with E-state index in [1.807, 2.05) is 20.9 Å². The molecule has 0 aliphatic carbocycles. The topological polar surface area (TPSA) is 55.2 Å². The predicted molar refractivity (Wildman–Crippen MR) is 53.1 cm³/mol. The van der Waals surface area contributed by atoms with Gasteiger partial charge < -0.3 is 5.32 Å². The van der Waals surface area contributed by atoms with Crippen LogP contribution in [0.1, 0.15) is 18.7 Å². The van der Waals surface area contributed by atoms with E-state index in [1.165, 1.54) is 11.3 Å². The Kier molecular flexibility index (Phi) is 2.68. The summed E-state index contributed by atoms with van der Waals surface area (Å²) in [5, 5.41) is 13.7. The lowest BCUT2D eigenvalue weighted by Crippen LogP contribution is -2.31. The molecule has 0 unspecified atom stereocenters. The van der Waals surface area contributed by atoms with E-state index in [-0.39, 0.29) is 15.5 Å². The van der Waals surface area contributed by atoms with Crippen molar-refractivity contribution in [3.05, 3.63) is 27.1 Å². The molecule has 0 saturated heterocycles. The highest BCUT2D eigenvalue weighted by atomic mass is 32.1. The van der Waals surface area contributed by atoms with Crippen molar-refractivity contribution >= 4 is 16.3 Å². The molecule has 1 N–H and O–H groups in total. The summed E-state index contributed by atoms with van der Waals surface area (Å²) in [7, 11) is 1.84. The van der Waals surface area contributed by atoms with Gasteiger partial charge >= 0.3 is 5.00 Å². The molecule has 0 aliphatic heterocycles. The predicted octanol–water partition coefficient (Wildman–Crippen LogP) is 2.11. The first-order chi connectivity index (χ1) is 5.97. The molecule has 0 aliphatic rings. The molecular weight excluding hydrogens is 188 g/mol. The Morgan fingerprint density at radius 1 is 1.54 bits per heavy atom. The largest absolute Gasteiger partial charge is 0.324 e. The van der Waals surface area contributed by atoms with E-state index in [1.54, 1.807) is 12.1 Å². The number of thiophene rings is 1. The summed E-state index contributed by atoms with van der Waals surface area (Å²) >= 11 is 1.21. The van der Waals surface area contributed by atoms with Gasteiger partial charge in [-0.1, -0.05) is 11.3 Å². The summed E-state index contributed by atoms with van der Waals surface area (Å²) in [6, 6.07) is 3.33. The lowest BCUT2D eigenvalue weighted by molar-refractivity contribution is -0.380. The molecule has 0 atom stereocenters. The summed E-state index contributed by atoms with van der Waals surface area (Å²) in [6.45, 7) is 3.98. The second-order valence-corrected chi connectivity index (χ2v) is 4.33. The monoisotopic (exact) mass is 200 g/mol. The van der Waals surface area contributed by atoms with Gasteiger partial charge in [0.05, 0.1) is 4.92 Å². The fourth-order valence-electron chi connectivity index (χ4n) is 0.885. The van der Waals surface area contributed by atoms with Gasteiger partial charge in [0, 0.05) is 16.5 Å². The molecule has 13 heavy (non-hydrogen) atoms. The summed E-state index contributed by atoms with van der Waals surface area (Å²) in [5.41, 5.74) is -0.196. The first kappa shape index (κ1) is 10.1. The van der Waals surface area contributed by atoms with Crippen LogP contribution in [0.4, 0.5) is 5.00 Å². The lowest BCUT2D eigenvalue weighted by Gasteiger charge is -2.21. The summed E-state index contributed by atoms with van der Waals surface area (Å²) in [5.74, 6) is 0. The van der Waals surface area contributed by atoms with Crippen molar-refractivity contribution in [3.8, 4) is 0 Å². The quantitative estimate of drug-likeness (QED) is 0.600. The number of nitrogens with zero attached hydrogens (tertiary/aromatic N) is 1. The van der Waals surface area contributed by atoms with Gasteiger partial charge in [-0.2, -0.15) is 0 Å². The zero-order valence-electron chi connectivity index (χ0n) is 7.83. The van der Waals surface area contributed by atoms with Gasteiger partial charge in [-0.3, -0.25) is 10.1 Å². The van der Waals surface area contributed by atoms with Crippen molar-refractivity contribution in [1.82, 2.24) is 5.32 Å². The first-order valence-corrected chi connectivity index (χ1v) is 4.72. The maximum atomic E-state index is 10.4. The average Bonchev–Trinajstić information content (AvgIpc) is 2.52. The van der Waals surface area contributed by atoms with E-state index in [0.717, 1.165) is 4.88 Å². The molecule has 0 spiro atoms. The fraction of sp³-hybridized carbons (Fsp3) is 0.500. The molecular formula is C8H12N2O2S. The molecule has 72 valence electrons. The second kappa shape index (κ2) is 3.43. The SMILES string of the molecule is CNC(C)(C)c1ccc([N+](=O)[O-])s1. The highest BCUT2D eigenvalue weighted by Crippen LogP contribution is 2.31. The molecule has 0 amide bonds. The molecule has 0 saturated carbocycles. The van der Waals surface area contributed by atoms with E-state index >= 15 is 0 Å². The van der Waals surface area contributed by atoms with Crippen molar-refractivity contribution in [2.45, 2.75) is 19.4 Å². The summed E-state index contributed by atoms with van der Waals surface area (Å²) < 4.78 is 0. The van der Waals surface area contributed by atoms with Crippen molar-refractivity contribution < 1.29 is 4.92 Å². The molecule has 0 radical (unpaired) electrons. The van der Waals surface area contributed by atoms with E-state index in [4.69, 9.17) is 0 Å². The summed E-state index contributed by atoms with van der Waals surface area (Å²) in [4.78, 5) is 11.0. The minimum Gasteiger partial charge on any atom is -0.310 e. The van der Waals surface area contributed by atoms with Crippen molar-refractivity contribution in [3.63, 3.8) is 0 Å². The van der Waals surface area contributed by atoms with Crippen LogP contribution in [0, 0.1) is 10.1 Å². The van der Waals surface area contributed by atoms with Crippen LogP contribution in [-0.2, 0) is 5.54 Å². The minimum absolute atomic E-state index is 0.193. The normalized spacial score (nSPS) is 11.6. The van der Waals surface area contributed by atoms with Crippen molar-refractivity contribution in [2.75, 3.05) is 7.05 Å². The Labute approximate surface area is 80.7 Å². The van der Waals surface area contributed by atoms with Crippen molar-refractivity contribution in [2.24, 2.45) is 0 Å². The lowest BCUT2D eigenvalue weighted by atomic mass is 10.0. The van der Waals surface area contributed by atoms with E-state index in [9.17, 15) is 10.1 Å². The number of hydrogen-bond acceptors (Lipinski definition) is 4. The molecule has 1 heterocycles. The van der Waals surface area contributed by atoms with Crippen LogP contribution in [0.5, 0.6) is 0 Å². The van der Waals surface area contributed by atoms with Crippen LogP contribution in [0.3, 0.4) is 0 Å². The Hall–Kier alpha value is -0.940. The third-order valence-electron chi connectivity index (χ3n) is 2.01. The molecule has 1 aromatic rings. The standard InChI is InChI=1S/C8H12N2O2S/c1-8(2,9-3)6-4-5-7(13-6)10(11)12/h4-5,9H,1-3H3. The molecule has 0 fully saturated rings. The molecule has 0 bridgehead atoms. The number of hydrogen-bond donors (Lipinski definition) is 1. The van der Waals surface area contributed by atoms with E-state index in [2.05, 4.69) is 5.32 Å². The molecule has 0 aromatic carbocycles. The van der Waals surface area contributed by atoms with Crippen molar-refractivity contribution in [1.29, 1.82) is 0 Å². The van der Waals surface area contributed by atoms with Crippen LogP contribution in [0.15, 0.2) is 12.1 Å². The number of nitro groups is 1. The van der Waals surface area contributed by atoms with E-state index < -0.39 is 0 Å². The fourth-order valence-corrected chi connectivity index (χ4v) is 1.81. The minimum atomic E-state index is -0.361. The van der Waals surface area contributed by atoms with Gasteiger partial charge in [-0.05, 0) is 27.0 Å². The van der Waals surface area contributed by atoms with Gasteiger partial charge in [0.15, 0.2) is 0 Å². The Morgan fingerprint density at radius 3 is 2.54 bits per heavy atom. The molecule has 5 heteroatoms.